The van der Waals surface area contributed by atoms with Crippen LogP contribution in [0.25, 0.3) is 0 Å². The molecule has 0 radical (unpaired) electrons. The summed E-state index contributed by atoms with van der Waals surface area (Å²) in [6.07, 6.45) is 1.66. The first-order chi connectivity index (χ1) is 3.72. The van der Waals surface area contributed by atoms with E-state index in [-0.39, 0.29) is 0 Å². The molecule has 3 nitrogen and oxygen atoms in total. The summed E-state index contributed by atoms with van der Waals surface area (Å²) in [6.45, 7) is 3.22. The van der Waals surface area contributed by atoms with Crippen LogP contribution in [0.1, 0.15) is 0 Å². The predicted octanol–water partition coefficient (Wildman–Crippen LogP) is -0.527. The molecule has 8 heavy (non-hydrogen) atoms. The lowest BCUT2D eigenvalue weighted by Gasteiger charge is -1.92. The van der Waals surface area contributed by atoms with E-state index >= 15 is 0 Å². The highest BCUT2D eigenvalue weighted by atomic mass is 16.2. The second-order valence-corrected chi connectivity index (χ2v) is 1.30. The minimum Gasteiger partial charge on any atom is -0.369 e. The molecule has 0 aromatic rings. The molecule has 0 aliphatic heterocycles. The Balaban J connectivity index is 3.88. The lowest BCUT2D eigenvalue weighted by Crippen LogP contribution is -2.21. The molecule has 1 unspecified atom stereocenters. The molecule has 0 bridgehead atoms. The Morgan fingerprint density at radius 2 is 2.25 bits per heavy atom. The summed E-state index contributed by atoms with van der Waals surface area (Å²) < 4.78 is 0. The number of primary amides is 1. The molecule has 1 amide bonds. The van der Waals surface area contributed by atoms with Crippen molar-refractivity contribution in [1.82, 2.24) is 0 Å². The monoisotopic (exact) mass is 113 g/mol. The fraction of sp³-hybridized carbons (Fsp3) is 0.200. The Morgan fingerprint density at radius 3 is 2.25 bits per heavy atom. The van der Waals surface area contributed by atoms with Gasteiger partial charge in [-0.1, -0.05) is 6.08 Å². The number of carbonyl (C=O) groups is 2. The number of carbonyl (C=O) groups excluding carboxylic acids is 2. The average molecular weight is 113 g/mol. The summed E-state index contributed by atoms with van der Waals surface area (Å²) in [5.41, 5.74) is 4.72. The summed E-state index contributed by atoms with van der Waals surface area (Å²) >= 11 is 0. The van der Waals surface area contributed by atoms with E-state index in [1.54, 1.807) is 0 Å². The summed E-state index contributed by atoms with van der Waals surface area (Å²) in [5, 5.41) is 0. The Kier molecular flexibility index (Phi) is 2.54. The van der Waals surface area contributed by atoms with Crippen molar-refractivity contribution in [1.29, 1.82) is 0 Å². The molecule has 0 spiro atoms. The van der Waals surface area contributed by atoms with Crippen molar-refractivity contribution < 1.29 is 9.59 Å². The van der Waals surface area contributed by atoms with Gasteiger partial charge in [-0.3, -0.25) is 4.79 Å². The molecule has 0 saturated carbocycles. The molecule has 0 aliphatic rings. The van der Waals surface area contributed by atoms with Crippen molar-refractivity contribution in [3.63, 3.8) is 0 Å². The molecular weight excluding hydrogens is 106 g/mol. The summed E-state index contributed by atoms with van der Waals surface area (Å²) in [7, 11) is 0. The van der Waals surface area contributed by atoms with Crippen molar-refractivity contribution in [2.75, 3.05) is 0 Å². The largest absolute Gasteiger partial charge is 0.369 e. The second kappa shape index (κ2) is 2.96. The molecular formula is C5H7NO2. The molecule has 0 fully saturated rings. The van der Waals surface area contributed by atoms with Gasteiger partial charge in [0.1, 0.15) is 12.2 Å². The van der Waals surface area contributed by atoms with E-state index in [0.717, 1.165) is 0 Å². The maximum Gasteiger partial charge on any atom is 0.231 e. The zero-order chi connectivity index (χ0) is 6.57. The summed E-state index contributed by atoms with van der Waals surface area (Å²) in [4.78, 5) is 19.9. The van der Waals surface area contributed by atoms with E-state index in [0.29, 0.717) is 6.29 Å². The molecule has 0 rings (SSSR count). The normalized spacial score (nSPS) is 12.0. The van der Waals surface area contributed by atoms with Crippen molar-refractivity contribution in [2.45, 2.75) is 0 Å². The van der Waals surface area contributed by atoms with E-state index in [9.17, 15) is 9.59 Å². The lowest BCUT2D eigenvalue weighted by molar-refractivity contribution is -0.124. The van der Waals surface area contributed by atoms with Crippen LogP contribution in [-0.2, 0) is 9.59 Å². The quantitative estimate of drug-likeness (QED) is 0.304. The average Bonchev–Trinajstić information content (AvgIpc) is 1.69. The first kappa shape index (κ1) is 6.88. The number of hydrogen-bond donors (Lipinski definition) is 1. The van der Waals surface area contributed by atoms with E-state index in [2.05, 4.69) is 6.58 Å². The van der Waals surface area contributed by atoms with Gasteiger partial charge < -0.3 is 10.5 Å². The van der Waals surface area contributed by atoms with Gasteiger partial charge in [0.25, 0.3) is 0 Å². The van der Waals surface area contributed by atoms with Gasteiger partial charge in [0.15, 0.2) is 0 Å². The van der Waals surface area contributed by atoms with E-state index in [4.69, 9.17) is 5.73 Å². The highest BCUT2D eigenvalue weighted by Gasteiger charge is 2.06. The van der Waals surface area contributed by atoms with Gasteiger partial charge in [-0.05, 0) is 0 Å². The first-order valence-electron chi connectivity index (χ1n) is 2.09. The van der Waals surface area contributed by atoms with Crippen LogP contribution in [0.4, 0.5) is 0 Å². The molecule has 0 aliphatic carbocycles. The van der Waals surface area contributed by atoms with Crippen LogP contribution < -0.4 is 5.73 Å². The topological polar surface area (TPSA) is 60.2 Å². The molecule has 2 N–H and O–H groups in total. The summed E-state index contributed by atoms with van der Waals surface area (Å²) in [6, 6.07) is 0. The van der Waals surface area contributed by atoms with Gasteiger partial charge in [0.05, 0.1) is 0 Å². The summed E-state index contributed by atoms with van der Waals surface area (Å²) in [5.74, 6) is -1.48. The predicted molar refractivity (Wildman–Crippen MR) is 28.9 cm³/mol. The third kappa shape index (κ3) is 1.55. The Morgan fingerprint density at radius 1 is 1.75 bits per heavy atom. The number of rotatable bonds is 3. The highest BCUT2D eigenvalue weighted by molar-refractivity contribution is 5.92. The van der Waals surface area contributed by atoms with Gasteiger partial charge in [0.2, 0.25) is 5.91 Å². The van der Waals surface area contributed by atoms with Gasteiger partial charge in [-0.15, -0.1) is 6.58 Å². The van der Waals surface area contributed by atoms with Gasteiger partial charge in [0, 0.05) is 0 Å². The first-order valence-corrected chi connectivity index (χ1v) is 2.09. The molecule has 44 valence electrons. The zero-order valence-corrected chi connectivity index (χ0v) is 4.33. The van der Waals surface area contributed by atoms with Crippen LogP contribution >= 0.6 is 0 Å². The van der Waals surface area contributed by atoms with Crippen LogP contribution in [0.2, 0.25) is 0 Å². The van der Waals surface area contributed by atoms with Crippen LogP contribution in [0.5, 0.6) is 0 Å². The van der Waals surface area contributed by atoms with Gasteiger partial charge in [-0.2, -0.15) is 0 Å². The van der Waals surface area contributed by atoms with E-state index in [1.807, 2.05) is 0 Å². The molecule has 0 saturated heterocycles. The maximum atomic E-state index is 10.1. The lowest BCUT2D eigenvalue weighted by atomic mass is 10.2. The molecule has 0 aromatic heterocycles. The fourth-order valence-electron chi connectivity index (χ4n) is 0.239. The SMILES string of the molecule is C=CC(C=O)C(N)=O. The minimum atomic E-state index is -0.824. The fourth-order valence-corrected chi connectivity index (χ4v) is 0.239. The van der Waals surface area contributed by atoms with Crippen molar-refractivity contribution in [3.05, 3.63) is 12.7 Å². The number of nitrogens with two attached hydrogens (primary N) is 1. The Labute approximate surface area is 47.2 Å². The third-order valence-electron chi connectivity index (χ3n) is 0.729. The second-order valence-electron chi connectivity index (χ2n) is 1.30. The van der Waals surface area contributed by atoms with Crippen LogP contribution in [0.15, 0.2) is 12.7 Å². The highest BCUT2D eigenvalue weighted by Crippen LogP contribution is 1.87. The van der Waals surface area contributed by atoms with E-state index in [1.165, 1.54) is 6.08 Å². The zero-order valence-electron chi connectivity index (χ0n) is 4.33. The van der Waals surface area contributed by atoms with Crippen LogP contribution in [0, 0.1) is 5.92 Å². The standard InChI is InChI=1S/C5H7NO2/c1-2-4(3-7)5(6)8/h2-4H,1H2,(H2,6,8). The van der Waals surface area contributed by atoms with Gasteiger partial charge in [-0.25, -0.2) is 0 Å². The minimum absolute atomic E-state index is 0.454. The Hall–Kier alpha value is -1.12. The smallest absolute Gasteiger partial charge is 0.231 e. The maximum absolute atomic E-state index is 10.1. The molecule has 0 heterocycles. The Bertz CT molecular complexity index is 112. The molecule has 3 heteroatoms. The molecule has 0 aromatic carbocycles. The van der Waals surface area contributed by atoms with Crippen LogP contribution in [-0.4, -0.2) is 12.2 Å². The van der Waals surface area contributed by atoms with Crippen molar-refractivity contribution in [2.24, 2.45) is 11.7 Å². The third-order valence-corrected chi connectivity index (χ3v) is 0.729. The van der Waals surface area contributed by atoms with Crippen molar-refractivity contribution in [3.8, 4) is 0 Å². The number of hydrogen-bond acceptors (Lipinski definition) is 2. The molecule has 1 atom stereocenters. The van der Waals surface area contributed by atoms with E-state index < -0.39 is 11.8 Å². The number of aldehydes is 1. The van der Waals surface area contributed by atoms with Crippen LogP contribution in [0.3, 0.4) is 0 Å². The number of amides is 1. The van der Waals surface area contributed by atoms with Crippen molar-refractivity contribution >= 4 is 12.2 Å². The van der Waals surface area contributed by atoms with Gasteiger partial charge >= 0.3 is 0 Å².